The first kappa shape index (κ1) is 20.3. The predicted octanol–water partition coefficient (Wildman–Crippen LogP) is 0.911. The van der Waals surface area contributed by atoms with Crippen LogP contribution in [0.15, 0.2) is 23.0 Å². The maximum absolute atomic E-state index is 14.3. The third-order valence-corrected chi connectivity index (χ3v) is 6.76. The van der Waals surface area contributed by atoms with E-state index in [0.717, 1.165) is 10.6 Å². The summed E-state index contributed by atoms with van der Waals surface area (Å²) < 4.78 is 31.2. The first-order valence-corrected chi connectivity index (χ1v) is 10.7. The lowest BCUT2D eigenvalue weighted by Crippen LogP contribution is -2.62. The lowest BCUT2D eigenvalue weighted by molar-refractivity contribution is -0.131. The molecule has 31 heavy (non-hydrogen) atoms. The number of rotatable bonds is 3. The van der Waals surface area contributed by atoms with Crippen LogP contribution in [0.2, 0.25) is 0 Å². The maximum Gasteiger partial charge on any atom is 0.348 e. The molecule has 10 heteroatoms. The molecule has 0 saturated carbocycles. The molecule has 2 amide bonds. The zero-order valence-corrected chi connectivity index (χ0v) is 17.3. The van der Waals surface area contributed by atoms with E-state index in [4.69, 9.17) is 0 Å². The van der Waals surface area contributed by atoms with Crippen molar-refractivity contribution in [2.45, 2.75) is 43.6 Å². The van der Waals surface area contributed by atoms with Gasteiger partial charge in [-0.3, -0.25) is 19.1 Å². The van der Waals surface area contributed by atoms with Gasteiger partial charge in [0.15, 0.2) is 0 Å². The fourth-order valence-electron chi connectivity index (χ4n) is 5.15. The minimum Gasteiger partial charge on any atom is -0.311 e. The highest BCUT2D eigenvalue weighted by Gasteiger charge is 2.48. The zero-order chi connectivity index (χ0) is 21.9. The average molecular weight is 433 g/mol. The van der Waals surface area contributed by atoms with Gasteiger partial charge in [-0.1, -0.05) is 12.1 Å². The number of hydrogen-bond acceptors (Lipinski definition) is 5. The monoisotopic (exact) mass is 433 g/mol. The Kier molecular flexibility index (Phi) is 4.74. The number of piperidine rings is 2. The fraction of sp³-hybridized carbons (Fsp3) is 0.571. The van der Waals surface area contributed by atoms with E-state index in [2.05, 4.69) is 5.32 Å². The van der Waals surface area contributed by atoms with Gasteiger partial charge in [0, 0.05) is 38.9 Å². The number of imide groups is 1. The van der Waals surface area contributed by atoms with E-state index in [1.54, 1.807) is 19.2 Å². The van der Waals surface area contributed by atoms with Gasteiger partial charge in [-0.2, -0.15) is 9.69 Å². The van der Waals surface area contributed by atoms with E-state index in [1.807, 2.05) is 11.0 Å². The van der Waals surface area contributed by atoms with Gasteiger partial charge in [0.1, 0.15) is 0 Å². The molecule has 0 spiro atoms. The summed E-state index contributed by atoms with van der Waals surface area (Å²) in [7, 11) is 1.61. The summed E-state index contributed by atoms with van der Waals surface area (Å²) in [5.74, 6) is -3.54. The third-order valence-electron chi connectivity index (χ3n) is 6.76. The molecule has 8 nitrogen and oxygen atoms in total. The molecule has 1 aromatic heterocycles. The Balaban J connectivity index is 1.49. The molecule has 4 heterocycles. The van der Waals surface area contributed by atoms with Crippen molar-refractivity contribution in [1.82, 2.24) is 19.5 Å². The highest BCUT2D eigenvalue weighted by molar-refractivity contribution is 6.11. The second-order valence-electron chi connectivity index (χ2n) is 8.71. The van der Waals surface area contributed by atoms with Crippen molar-refractivity contribution in [2.24, 2.45) is 7.05 Å². The molecule has 0 radical (unpaired) electrons. The van der Waals surface area contributed by atoms with Crippen molar-refractivity contribution >= 4 is 22.8 Å². The fourth-order valence-corrected chi connectivity index (χ4v) is 5.15. The summed E-state index contributed by atoms with van der Waals surface area (Å²) in [6, 6.07) is 4.62. The van der Waals surface area contributed by atoms with Crippen LogP contribution in [0.3, 0.4) is 0 Å². The zero-order valence-electron chi connectivity index (χ0n) is 17.3. The van der Waals surface area contributed by atoms with Gasteiger partial charge in [-0.05, 0) is 31.0 Å². The molecule has 166 valence electrons. The molecular weight excluding hydrogens is 408 g/mol. The Morgan fingerprint density at radius 1 is 1.10 bits per heavy atom. The number of fused-ring (bicyclic) bond motifs is 1. The van der Waals surface area contributed by atoms with E-state index in [-0.39, 0.29) is 37.1 Å². The first-order chi connectivity index (χ1) is 14.8. The van der Waals surface area contributed by atoms with Crippen molar-refractivity contribution in [2.75, 3.05) is 31.2 Å². The van der Waals surface area contributed by atoms with Crippen LogP contribution in [0.4, 0.5) is 8.78 Å². The van der Waals surface area contributed by atoms with Crippen LogP contribution in [0.25, 0.3) is 11.0 Å². The summed E-state index contributed by atoms with van der Waals surface area (Å²) in [6.45, 7) is 1.25. The van der Waals surface area contributed by atoms with Gasteiger partial charge < -0.3 is 5.32 Å². The molecule has 1 aromatic carbocycles. The number of aromatic nitrogens is 2. The van der Waals surface area contributed by atoms with Crippen LogP contribution < -0.4 is 16.0 Å². The molecular formula is C21H25F2N5O3. The lowest BCUT2D eigenvalue weighted by atomic mass is 9.86. The Hall–Kier alpha value is -2.59. The molecule has 1 atom stereocenters. The molecule has 3 aliphatic heterocycles. The van der Waals surface area contributed by atoms with Crippen molar-refractivity contribution in [3.8, 4) is 0 Å². The molecule has 2 aromatic rings. The molecule has 3 aliphatic rings. The normalized spacial score (nSPS) is 25.3. The Morgan fingerprint density at radius 3 is 2.48 bits per heavy atom. The molecule has 3 saturated heterocycles. The number of amides is 2. The number of carbonyl (C=O) groups is 2. The number of nitrogens with zero attached hydrogens (tertiary/aromatic N) is 4. The number of imidazole rings is 1. The number of carbonyl (C=O) groups excluding carboxylic acids is 2. The highest BCUT2D eigenvalue weighted by Crippen LogP contribution is 2.38. The Bertz CT molecular complexity index is 1100. The second kappa shape index (κ2) is 7.23. The molecule has 0 bridgehead atoms. The van der Waals surface area contributed by atoms with Crippen LogP contribution in [0, 0.1) is 0 Å². The van der Waals surface area contributed by atoms with Gasteiger partial charge in [-0.15, -0.1) is 0 Å². The molecule has 3 fully saturated rings. The first-order valence-electron chi connectivity index (χ1n) is 10.7. The number of para-hydroxylation sites is 1. The van der Waals surface area contributed by atoms with Crippen molar-refractivity contribution in [3.05, 3.63) is 34.2 Å². The van der Waals surface area contributed by atoms with E-state index in [0.29, 0.717) is 43.5 Å². The molecule has 0 aliphatic carbocycles. The van der Waals surface area contributed by atoms with Gasteiger partial charge in [0.2, 0.25) is 11.8 Å². The van der Waals surface area contributed by atoms with Crippen LogP contribution in [0.1, 0.15) is 37.2 Å². The minimum absolute atomic E-state index is 0.00333. The van der Waals surface area contributed by atoms with Crippen LogP contribution in [0.5, 0.6) is 0 Å². The second-order valence-corrected chi connectivity index (χ2v) is 8.71. The summed E-state index contributed by atoms with van der Waals surface area (Å²) in [6.07, 6.45) is 1.32. The highest BCUT2D eigenvalue weighted by atomic mass is 19.3. The number of aryl methyl sites for hydroxylation is 1. The van der Waals surface area contributed by atoms with Crippen LogP contribution >= 0.6 is 0 Å². The quantitative estimate of drug-likeness (QED) is 0.728. The SMILES string of the molecule is Cn1c(=O)n(N2C(=O)CCCC2=O)c2cccc(C3CN(C4CCNCC4(F)F)C3)c21. The van der Waals surface area contributed by atoms with Crippen LogP contribution in [-0.2, 0) is 16.6 Å². The van der Waals surface area contributed by atoms with Gasteiger partial charge >= 0.3 is 5.69 Å². The Labute approximate surface area is 177 Å². The summed E-state index contributed by atoms with van der Waals surface area (Å²) in [5.41, 5.74) is 1.54. The van der Waals surface area contributed by atoms with E-state index in [1.165, 1.54) is 9.24 Å². The Morgan fingerprint density at radius 2 is 1.81 bits per heavy atom. The molecule has 5 rings (SSSR count). The topological polar surface area (TPSA) is 79.6 Å². The molecule has 1 unspecified atom stereocenters. The van der Waals surface area contributed by atoms with Crippen LogP contribution in [-0.4, -0.2) is 64.1 Å². The number of hydrogen-bond donors (Lipinski definition) is 1. The van der Waals surface area contributed by atoms with E-state index < -0.39 is 17.7 Å². The number of halogens is 2. The third kappa shape index (κ3) is 3.11. The van der Waals surface area contributed by atoms with Crippen molar-refractivity contribution in [1.29, 1.82) is 0 Å². The predicted molar refractivity (Wildman–Crippen MR) is 110 cm³/mol. The van der Waals surface area contributed by atoms with Crippen molar-refractivity contribution in [3.63, 3.8) is 0 Å². The number of alkyl halides is 2. The summed E-state index contributed by atoms with van der Waals surface area (Å²) in [4.78, 5) is 39.7. The molecule has 1 N–H and O–H groups in total. The smallest absolute Gasteiger partial charge is 0.311 e. The average Bonchev–Trinajstić information content (AvgIpc) is 2.94. The largest absolute Gasteiger partial charge is 0.348 e. The number of benzene rings is 1. The van der Waals surface area contributed by atoms with Crippen molar-refractivity contribution < 1.29 is 18.4 Å². The standard InChI is InChI=1S/C21H25F2N5O3/c1-25-19-14(13-10-26(11-13)16-8-9-24-12-21(16,22)23)4-2-5-15(19)27(20(25)31)28-17(29)6-3-7-18(28)30/h2,4-5,13,16,24H,3,6-12H2,1H3. The lowest BCUT2D eigenvalue weighted by Gasteiger charge is -2.48. The van der Waals surface area contributed by atoms with Gasteiger partial charge in [0.25, 0.3) is 5.92 Å². The number of nitrogens with one attached hydrogen (secondary N) is 1. The van der Waals surface area contributed by atoms with Gasteiger partial charge in [-0.25, -0.2) is 13.6 Å². The summed E-state index contributed by atoms with van der Waals surface area (Å²) >= 11 is 0. The number of likely N-dealkylation sites (tertiary alicyclic amines) is 1. The minimum atomic E-state index is -2.76. The maximum atomic E-state index is 14.3. The van der Waals surface area contributed by atoms with E-state index >= 15 is 0 Å². The van der Waals surface area contributed by atoms with E-state index in [9.17, 15) is 23.2 Å². The summed E-state index contributed by atoms with van der Waals surface area (Å²) in [5, 5.41) is 3.71. The van der Waals surface area contributed by atoms with Gasteiger partial charge in [0.05, 0.1) is 23.6 Å².